The highest BCUT2D eigenvalue weighted by atomic mass is 35.5. The Morgan fingerprint density at radius 2 is 2.00 bits per heavy atom. The minimum atomic E-state index is -0.239. The molecule has 2 unspecified atom stereocenters. The normalized spacial score (nSPS) is 31.4. The Morgan fingerprint density at radius 3 is 2.57 bits per heavy atom. The third kappa shape index (κ3) is 2.14. The molecule has 1 saturated heterocycles. The summed E-state index contributed by atoms with van der Waals surface area (Å²) in [6.07, 6.45) is 4.91. The lowest BCUT2D eigenvalue weighted by Crippen LogP contribution is -2.45. The highest BCUT2D eigenvalue weighted by Gasteiger charge is 2.33. The molecule has 1 aliphatic heterocycles. The van der Waals surface area contributed by atoms with E-state index in [1.807, 2.05) is 4.90 Å². The number of likely N-dealkylation sites (tertiary alicyclic amines) is 1. The second-order valence-electron chi connectivity index (χ2n) is 4.32. The number of rotatable bonds is 1. The molecule has 2 bridgehead atoms. The highest BCUT2D eigenvalue weighted by Crippen LogP contribution is 2.34. The van der Waals surface area contributed by atoms with Crippen LogP contribution in [0.5, 0.6) is 0 Å². The Hall–Kier alpha value is -0.440. The summed E-state index contributed by atoms with van der Waals surface area (Å²) in [6.45, 7) is 1.73. The van der Waals surface area contributed by atoms with Gasteiger partial charge >= 0.3 is 6.09 Å². The number of carbonyl (C=O) groups excluding carboxylic acids is 1. The van der Waals surface area contributed by atoms with E-state index in [0.29, 0.717) is 11.8 Å². The summed E-state index contributed by atoms with van der Waals surface area (Å²) in [4.78, 5) is 13.3. The Bertz CT molecular complexity index is 210. The van der Waals surface area contributed by atoms with Crippen LogP contribution in [0.25, 0.3) is 0 Å². The number of fused-ring (bicyclic) bond motifs is 2. The third-order valence-electron chi connectivity index (χ3n) is 3.28. The average molecular weight is 218 g/mol. The first-order valence-corrected chi connectivity index (χ1v) is 5.80. The molecule has 2 fully saturated rings. The van der Waals surface area contributed by atoms with Gasteiger partial charge in [0, 0.05) is 13.1 Å². The first-order chi connectivity index (χ1) is 6.79. The van der Waals surface area contributed by atoms with Crippen molar-refractivity contribution in [3.05, 3.63) is 0 Å². The molecule has 1 aliphatic carbocycles. The van der Waals surface area contributed by atoms with Gasteiger partial charge in [0.05, 0.1) is 0 Å². The van der Waals surface area contributed by atoms with E-state index in [9.17, 15) is 4.79 Å². The van der Waals surface area contributed by atoms with Crippen molar-refractivity contribution in [2.75, 3.05) is 19.2 Å². The van der Waals surface area contributed by atoms with Crippen LogP contribution in [-0.4, -0.2) is 30.1 Å². The molecule has 1 saturated carbocycles. The lowest BCUT2D eigenvalue weighted by Gasteiger charge is -2.40. The number of ether oxygens (including phenoxy) is 1. The summed E-state index contributed by atoms with van der Waals surface area (Å²) in [6, 6.07) is -0.0370. The molecule has 0 aromatic carbocycles. The lowest BCUT2D eigenvalue weighted by atomic mass is 9.78. The summed E-state index contributed by atoms with van der Waals surface area (Å²) in [5.74, 6) is 1.40. The van der Waals surface area contributed by atoms with Crippen LogP contribution in [0.2, 0.25) is 0 Å². The van der Waals surface area contributed by atoms with Gasteiger partial charge in [-0.25, -0.2) is 4.79 Å². The van der Waals surface area contributed by atoms with Crippen LogP contribution in [0, 0.1) is 11.8 Å². The van der Waals surface area contributed by atoms with Crippen LogP contribution >= 0.6 is 11.6 Å². The van der Waals surface area contributed by atoms with Crippen molar-refractivity contribution in [3.63, 3.8) is 0 Å². The molecule has 4 heteroatoms. The van der Waals surface area contributed by atoms with Gasteiger partial charge in [0.2, 0.25) is 0 Å². The van der Waals surface area contributed by atoms with Crippen LogP contribution < -0.4 is 0 Å². The van der Waals surface area contributed by atoms with Crippen LogP contribution in [-0.2, 0) is 4.74 Å². The van der Waals surface area contributed by atoms with E-state index in [2.05, 4.69) is 0 Å². The summed E-state index contributed by atoms with van der Waals surface area (Å²) in [7, 11) is 0. The van der Waals surface area contributed by atoms with Crippen molar-refractivity contribution < 1.29 is 9.53 Å². The summed E-state index contributed by atoms with van der Waals surface area (Å²) in [5, 5.41) is 0. The molecular weight excluding hydrogens is 202 g/mol. The second-order valence-corrected chi connectivity index (χ2v) is 4.54. The van der Waals surface area contributed by atoms with Crippen molar-refractivity contribution >= 4 is 17.7 Å². The minimum absolute atomic E-state index is 0.0370. The molecule has 80 valence electrons. The van der Waals surface area contributed by atoms with Crippen LogP contribution in [0.4, 0.5) is 4.79 Å². The van der Waals surface area contributed by atoms with E-state index in [0.717, 1.165) is 13.1 Å². The third-order valence-corrected chi connectivity index (χ3v) is 3.39. The Balaban J connectivity index is 1.91. The Labute approximate surface area is 89.4 Å². The van der Waals surface area contributed by atoms with Crippen molar-refractivity contribution in [1.82, 2.24) is 4.90 Å². The van der Waals surface area contributed by atoms with Gasteiger partial charge in [-0.05, 0) is 31.1 Å². The molecule has 2 atom stereocenters. The number of carbonyl (C=O) groups is 1. The fourth-order valence-electron chi connectivity index (χ4n) is 2.72. The second kappa shape index (κ2) is 4.39. The first kappa shape index (κ1) is 10.1. The molecule has 2 aliphatic rings. The van der Waals surface area contributed by atoms with E-state index in [1.165, 1.54) is 25.7 Å². The zero-order valence-electron chi connectivity index (χ0n) is 8.25. The lowest BCUT2D eigenvalue weighted by molar-refractivity contribution is 0.0621. The molecule has 3 nitrogen and oxygen atoms in total. The van der Waals surface area contributed by atoms with Gasteiger partial charge in [0.15, 0.2) is 6.07 Å². The maximum Gasteiger partial charge on any atom is 0.410 e. The predicted octanol–water partition coefficient (Wildman–Crippen LogP) is 2.44. The minimum Gasteiger partial charge on any atom is -0.433 e. The van der Waals surface area contributed by atoms with E-state index >= 15 is 0 Å². The molecule has 1 amide bonds. The number of amides is 1. The van der Waals surface area contributed by atoms with E-state index in [1.54, 1.807) is 0 Å². The van der Waals surface area contributed by atoms with Crippen molar-refractivity contribution in [2.24, 2.45) is 11.8 Å². The van der Waals surface area contributed by atoms with Crippen LogP contribution in [0.15, 0.2) is 0 Å². The predicted molar refractivity (Wildman–Crippen MR) is 54.2 cm³/mol. The quantitative estimate of drug-likeness (QED) is 0.632. The Kier molecular flexibility index (Phi) is 3.16. The molecule has 0 aromatic heterocycles. The standard InChI is InChI=1S/C10H16ClNO2/c11-7-14-10(13)12-5-8-2-1-3-9(4-8)6-12/h8-9H,1-7H2. The maximum absolute atomic E-state index is 11.4. The average Bonchev–Trinajstić information content (AvgIpc) is 2.17. The highest BCUT2D eigenvalue weighted by molar-refractivity contribution is 6.17. The number of nitrogens with zero attached hydrogens (tertiary/aromatic N) is 1. The number of alkyl halides is 1. The summed E-state index contributed by atoms with van der Waals surface area (Å²) < 4.78 is 4.80. The van der Waals surface area contributed by atoms with Gasteiger partial charge < -0.3 is 9.64 Å². The molecule has 2 rings (SSSR count). The number of hydrogen-bond donors (Lipinski definition) is 0. The fraction of sp³-hybridized carbons (Fsp3) is 0.900. The van der Waals surface area contributed by atoms with E-state index < -0.39 is 0 Å². The molecule has 0 N–H and O–H groups in total. The fourth-order valence-corrected chi connectivity index (χ4v) is 2.81. The molecule has 0 aromatic rings. The van der Waals surface area contributed by atoms with Gasteiger partial charge in [0.1, 0.15) is 0 Å². The Morgan fingerprint density at radius 1 is 1.36 bits per heavy atom. The van der Waals surface area contributed by atoms with E-state index in [-0.39, 0.29) is 12.2 Å². The summed E-state index contributed by atoms with van der Waals surface area (Å²) >= 11 is 5.37. The van der Waals surface area contributed by atoms with Gasteiger partial charge in [-0.3, -0.25) is 0 Å². The molecule has 0 spiro atoms. The topological polar surface area (TPSA) is 29.5 Å². The molecule has 0 radical (unpaired) electrons. The van der Waals surface area contributed by atoms with Crippen molar-refractivity contribution in [3.8, 4) is 0 Å². The zero-order valence-corrected chi connectivity index (χ0v) is 9.00. The number of piperidine rings is 1. The van der Waals surface area contributed by atoms with Crippen molar-refractivity contribution in [1.29, 1.82) is 0 Å². The molecule has 1 heterocycles. The summed E-state index contributed by atoms with van der Waals surface area (Å²) in [5.41, 5.74) is 0. The smallest absolute Gasteiger partial charge is 0.410 e. The van der Waals surface area contributed by atoms with E-state index in [4.69, 9.17) is 16.3 Å². The number of hydrogen-bond acceptors (Lipinski definition) is 2. The zero-order chi connectivity index (χ0) is 9.97. The van der Waals surface area contributed by atoms with Gasteiger partial charge in [0.25, 0.3) is 0 Å². The largest absolute Gasteiger partial charge is 0.433 e. The molecular formula is C10H16ClNO2. The van der Waals surface area contributed by atoms with Gasteiger partial charge in [-0.1, -0.05) is 18.0 Å². The van der Waals surface area contributed by atoms with Crippen LogP contribution in [0.3, 0.4) is 0 Å². The van der Waals surface area contributed by atoms with Crippen molar-refractivity contribution in [2.45, 2.75) is 25.7 Å². The molecule has 14 heavy (non-hydrogen) atoms. The SMILES string of the molecule is O=C(OCCl)N1CC2CCCC(C2)C1. The maximum atomic E-state index is 11.4. The first-order valence-electron chi connectivity index (χ1n) is 5.27. The van der Waals surface area contributed by atoms with Gasteiger partial charge in [-0.2, -0.15) is 0 Å². The van der Waals surface area contributed by atoms with Gasteiger partial charge in [-0.15, -0.1) is 0 Å². The number of halogens is 1. The van der Waals surface area contributed by atoms with Crippen LogP contribution in [0.1, 0.15) is 25.7 Å². The monoisotopic (exact) mass is 217 g/mol.